The summed E-state index contributed by atoms with van der Waals surface area (Å²) in [4.78, 5) is 45.4. The third-order valence-electron chi connectivity index (χ3n) is 8.26. The number of aryl methyl sites for hydroxylation is 1. The van der Waals surface area contributed by atoms with E-state index in [1.165, 1.54) is 18.2 Å². The predicted molar refractivity (Wildman–Crippen MR) is 164 cm³/mol. The number of rotatable bonds is 12. The molecule has 2 N–H and O–H groups in total. The maximum Gasteiger partial charge on any atom is 0.282 e. The van der Waals surface area contributed by atoms with Crippen LogP contribution in [-0.2, 0) is 11.3 Å². The number of pyridine rings is 2. The van der Waals surface area contributed by atoms with E-state index in [-0.39, 0.29) is 40.5 Å². The number of nitrogens with one attached hydrogen (secondary N) is 2. The first-order chi connectivity index (χ1) is 22.5. The quantitative estimate of drug-likeness (QED) is 0.269. The van der Waals surface area contributed by atoms with Crippen LogP contribution in [0.3, 0.4) is 0 Å². The number of amides is 2. The Hall–Kier alpha value is -4.30. The molecule has 1 aromatic carbocycles. The summed E-state index contributed by atoms with van der Waals surface area (Å²) in [6.07, 6.45) is 2.64. The lowest BCUT2D eigenvalue weighted by molar-refractivity contribution is -0.113. The molecule has 1 aliphatic carbocycles. The highest BCUT2D eigenvalue weighted by molar-refractivity contribution is 6.05. The van der Waals surface area contributed by atoms with Crippen LogP contribution in [0, 0.1) is 6.92 Å². The number of hydrogen-bond acceptors (Lipinski definition) is 7. The molecule has 2 aliphatic heterocycles. The first kappa shape index (κ1) is 32.6. The fraction of sp³-hybridized carbons (Fsp3) is 0.455. The van der Waals surface area contributed by atoms with Crippen molar-refractivity contribution >= 4 is 17.6 Å². The molecule has 0 bridgehead atoms. The number of carbonyl (C=O) groups excluding carboxylic acids is 2. The molecule has 3 aromatic rings. The second-order valence-electron chi connectivity index (χ2n) is 12.3. The Labute approximate surface area is 268 Å². The van der Waals surface area contributed by atoms with Crippen molar-refractivity contribution in [2.75, 3.05) is 38.2 Å². The SMILES string of the molecule is Cc1ccc(-c2cc(NC(=O)c3cc(CNC[C@@H]4CCCO4)cn(C4CC4)c3=O)nc(OCC(F)F)c2)c(C(=O)N2CC(F)(F)C2)c1. The number of likely N-dealkylation sites (tertiary alicyclic amines) is 1. The fourth-order valence-electron chi connectivity index (χ4n) is 5.77. The highest BCUT2D eigenvalue weighted by atomic mass is 19.3. The molecule has 4 heterocycles. The van der Waals surface area contributed by atoms with Crippen molar-refractivity contribution in [3.05, 3.63) is 75.2 Å². The number of carbonyl (C=O) groups is 2. The number of anilines is 1. The lowest BCUT2D eigenvalue weighted by Crippen LogP contribution is -2.58. The molecule has 2 aromatic heterocycles. The van der Waals surface area contributed by atoms with Crippen LogP contribution in [0.4, 0.5) is 23.4 Å². The van der Waals surface area contributed by atoms with Gasteiger partial charge in [0.05, 0.1) is 19.2 Å². The van der Waals surface area contributed by atoms with Gasteiger partial charge in [0.2, 0.25) is 5.88 Å². The zero-order chi connectivity index (χ0) is 33.3. The third-order valence-corrected chi connectivity index (χ3v) is 8.26. The molecule has 2 saturated heterocycles. The lowest BCUT2D eigenvalue weighted by atomic mass is 9.96. The number of ether oxygens (including phenoxy) is 2. The Morgan fingerprint density at radius 2 is 1.89 bits per heavy atom. The number of nitrogens with zero attached hydrogens (tertiary/aromatic N) is 3. The summed E-state index contributed by atoms with van der Waals surface area (Å²) in [5, 5.41) is 5.93. The molecular formula is C33H35F4N5O5. The summed E-state index contributed by atoms with van der Waals surface area (Å²) in [5.41, 5.74) is 1.49. The van der Waals surface area contributed by atoms with E-state index in [4.69, 9.17) is 9.47 Å². The first-order valence-corrected chi connectivity index (χ1v) is 15.6. The minimum atomic E-state index is -2.97. The van der Waals surface area contributed by atoms with Crippen LogP contribution in [0.1, 0.15) is 63.6 Å². The fourth-order valence-corrected chi connectivity index (χ4v) is 5.77. The number of halogens is 4. The average molecular weight is 658 g/mol. The van der Waals surface area contributed by atoms with Crippen molar-refractivity contribution in [2.24, 2.45) is 0 Å². The molecule has 0 spiro atoms. The maximum atomic E-state index is 13.6. The second-order valence-corrected chi connectivity index (χ2v) is 12.3. The number of benzene rings is 1. The summed E-state index contributed by atoms with van der Waals surface area (Å²) in [6.45, 7) is 1.07. The van der Waals surface area contributed by atoms with Crippen molar-refractivity contribution in [2.45, 2.75) is 63.6 Å². The minimum Gasteiger partial charge on any atom is -0.472 e. The van der Waals surface area contributed by atoms with Crippen molar-refractivity contribution < 1.29 is 36.6 Å². The van der Waals surface area contributed by atoms with Gasteiger partial charge in [0.25, 0.3) is 29.7 Å². The molecule has 1 atom stereocenters. The van der Waals surface area contributed by atoms with Gasteiger partial charge in [-0.1, -0.05) is 17.7 Å². The largest absolute Gasteiger partial charge is 0.472 e. The maximum absolute atomic E-state index is 13.6. The molecule has 47 heavy (non-hydrogen) atoms. The lowest BCUT2D eigenvalue weighted by Gasteiger charge is -2.39. The molecule has 6 rings (SSSR count). The molecule has 10 nitrogen and oxygen atoms in total. The second kappa shape index (κ2) is 13.4. The first-order valence-electron chi connectivity index (χ1n) is 15.6. The summed E-state index contributed by atoms with van der Waals surface area (Å²) in [7, 11) is 0. The van der Waals surface area contributed by atoms with E-state index in [9.17, 15) is 31.9 Å². The topological polar surface area (TPSA) is 115 Å². The van der Waals surface area contributed by atoms with Gasteiger partial charge in [0, 0.05) is 43.6 Å². The molecular weight excluding hydrogens is 622 g/mol. The summed E-state index contributed by atoms with van der Waals surface area (Å²) >= 11 is 0. The van der Waals surface area contributed by atoms with E-state index in [2.05, 4.69) is 15.6 Å². The van der Waals surface area contributed by atoms with Crippen LogP contribution in [0.5, 0.6) is 5.88 Å². The van der Waals surface area contributed by atoms with E-state index < -0.39 is 49.4 Å². The van der Waals surface area contributed by atoms with Crippen LogP contribution in [0.2, 0.25) is 0 Å². The number of hydrogen-bond donors (Lipinski definition) is 2. The zero-order valence-corrected chi connectivity index (χ0v) is 25.7. The van der Waals surface area contributed by atoms with Crippen LogP contribution in [-0.4, -0.2) is 77.6 Å². The van der Waals surface area contributed by atoms with Crippen molar-refractivity contribution in [3.8, 4) is 17.0 Å². The van der Waals surface area contributed by atoms with Gasteiger partial charge >= 0.3 is 0 Å². The van der Waals surface area contributed by atoms with E-state index in [0.717, 1.165) is 42.8 Å². The van der Waals surface area contributed by atoms with Crippen molar-refractivity contribution in [1.29, 1.82) is 0 Å². The van der Waals surface area contributed by atoms with E-state index in [1.807, 2.05) is 0 Å². The predicted octanol–water partition coefficient (Wildman–Crippen LogP) is 4.81. The van der Waals surface area contributed by atoms with Crippen LogP contribution < -0.4 is 20.9 Å². The average Bonchev–Trinajstić information content (AvgIpc) is 3.73. The molecule has 250 valence electrons. The molecule has 0 radical (unpaired) electrons. The van der Waals surface area contributed by atoms with Gasteiger partial charge in [0.1, 0.15) is 11.4 Å². The van der Waals surface area contributed by atoms with E-state index in [1.54, 1.807) is 35.9 Å². The summed E-state index contributed by atoms with van der Waals surface area (Å²) in [6, 6.07) is 9.08. The summed E-state index contributed by atoms with van der Waals surface area (Å²) in [5.74, 6) is -4.75. The molecule has 3 aliphatic rings. The van der Waals surface area contributed by atoms with Gasteiger partial charge in [-0.3, -0.25) is 14.4 Å². The molecule has 1 saturated carbocycles. The van der Waals surface area contributed by atoms with Crippen LogP contribution >= 0.6 is 0 Å². The summed E-state index contributed by atoms with van der Waals surface area (Å²) < 4.78 is 65.7. The van der Waals surface area contributed by atoms with Gasteiger partial charge < -0.3 is 29.6 Å². The van der Waals surface area contributed by atoms with Gasteiger partial charge in [-0.25, -0.2) is 17.6 Å². The van der Waals surface area contributed by atoms with Gasteiger partial charge in [-0.2, -0.15) is 4.98 Å². The smallest absolute Gasteiger partial charge is 0.282 e. The van der Waals surface area contributed by atoms with Gasteiger partial charge in [-0.05, 0) is 67.5 Å². The highest BCUT2D eigenvalue weighted by Crippen LogP contribution is 2.35. The molecule has 3 fully saturated rings. The van der Waals surface area contributed by atoms with E-state index >= 15 is 0 Å². The Balaban J connectivity index is 1.30. The Bertz CT molecular complexity index is 1710. The Morgan fingerprint density at radius 1 is 1.11 bits per heavy atom. The standard InChI is InChI=1S/C33H35F4N5O5/c1-19-4-7-24(25(9-19)31(44)41-17-33(36,37)18-41)21-11-28(39-29(12-21)47-16-27(34)35)40-30(43)26-10-20(13-38-14-23-3-2-8-46-23)15-42(32(26)45)22-5-6-22/h4,7,9-12,15,22-23,27,38H,2-3,5-6,8,13-14,16-18H2,1H3,(H,39,40,43)/t23-/m0/s1. The number of aromatic nitrogens is 2. The van der Waals surface area contributed by atoms with Crippen molar-refractivity contribution in [3.63, 3.8) is 0 Å². The monoisotopic (exact) mass is 657 g/mol. The Kier molecular flexibility index (Phi) is 9.33. The number of alkyl halides is 4. The van der Waals surface area contributed by atoms with Gasteiger partial charge in [-0.15, -0.1) is 0 Å². The molecule has 0 unspecified atom stereocenters. The minimum absolute atomic E-state index is 0.00757. The van der Waals surface area contributed by atoms with Gasteiger partial charge in [0.15, 0.2) is 6.61 Å². The Morgan fingerprint density at radius 3 is 2.57 bits per heavy atom. The van der Waals surface area contributed by atoms with Crippen molar-refractivity contribution in [1.82, 2.24) is 19.8 Å². The van der Waals surface area contributed by atoms with E-state index in [0.29, 0.717) is 24.2 Å². The third kappa shape index (κ3) is 7.82. The normalized spacial score (nSPS) is 18.7. The molecule has 2 amide bonds. The molecule has 14 heteroatoms. The highest BCUT2D eigenvalue weighted by Gasteiger charge is 2.46. The van der Waals surface area contributed by atoms with Crippen LogP contribution in [0.25, 0.3) is 11.1 Å². The van der Waals surface area contributed by atoms with Crippen LogP contribution in [0.15, 0.2) is 47.4 Å². The zero-order valence-electron chi connectivity index (χ0n) is 25.7.